The van der Waals surface area contributed by atoms with Gasteiger partial charge in [-0.2, -0.15) is 9.59 Å². The van der Waals surface area contributed by atoms with Crippen molar-refractivity contribution in [2.24, 2.45) is 0 Å². The average molecular weight is 374 g/mol. The van der Waals surface area contributed by atoms with E-state index in [-0.39, 0.29) is 17.8 Å². The monoisotopic (exact) mass is 373 g/mol. The Morgan fingerprint density at radius 1 is 1.17 bits per heavy atom. The van der Waals surface area contributed by atoms with Crippen LogP contribution in [0.5, 0.6) is 0 Å². The Hall–Kier alpha value is -2.63. The van der Waals surface area contributed by atoms with Crippen molar-refractivity contribution in [2.75, 3.05) is 0 Å². The summed E-state index contributed by atoms with van der Waals surface area (Å²) in [5.41, 5.74) is 1.92. The molecule has 0 saturated heterocycles. The highest BCUT2D eigenvalue weighted by molar-refractivity contribution is 9.10. The first-order chi connectivity index (χ1) is 11.1. The number of rotatable bonds is 2. The van der Waals surface area contributed by atoms with Crippen molar-refractivity contribution in [3.8, 4) is 0 Å². The molecule has 0 N–H and O–H groups in total. The second-order valence-electron chi connectivity index (χ2n) is 4.65. The van der Waals surface area contributed by atoms with Gasteiger partial charge in [0.1, 0.15) is 0 Å². The third-order valence-corrected chi connectivity index (χ3v) is 3.73. The summed E-state index contributed by atoms with van der Waals surface area (Å²) >= 11 is 3.33. The molecule has 0 aliphatic carbocycles. The summed E-state index contributed by atoms with van der Waals surface area (Å²) in [6, 6.07) is 11.6. The summed E-state index contributed by atoms with van der Waals surface area (Å²) in [6.07, 6.45) is 3.44. The van der Waals surface area contributed by atoms with Crippen LogP contribution in [0.25, 0.3) is 11.0 Å². The Balaban J connectivity index is 0.000000595. The van der Waals surface area contributed by atoms with Crippen LogP contribution in [0, 0.1) is 0 Å². The van der Waals surface area contributed by atoms with Crippen molar-refractivity contribution in [1.82, 2.24) is 14.5 Å². The first-order valence-electron chi connectivity index (χ1n) is 6.65. The van der Waals surface area contributed by atoms with Crippen LogP contribution in [0.4, 0.5) is 0 Å². The van der Waals surface area contributed by atoms with E-state index in [1.54, 1.807) is 23.2 Å². The van der Waals surface area contributed by atoms with E-state index in [0.29, 0.717) is 11.0 Å². The number of nitrogens with zero attached hydrogens (tertiary/aromatic N) is 3. The Labute approximate surface area is 139 Å². The van der Waals surface area contributed by atoms with Crippen molar-refractivity contribution in [1.29, 1.82) is 0 Å². The minimum absolute atomic E-state index is 0.0777. The first kappa shape index (κ1) is 16.7. The Bertz CT molecular complexity index is 903. The predicted molar refractivity (Wildman–Crippen MR) is 86.8 cm³/mol. The number of benzene rings is 1. The molecule has 1 aromatic carbocycles. The van der Waals surface area contributed by atoms with E-state index >= 15 is 0 Å². The lowest BCUT2D eigenvalue weighted by atomic mass is 10.1. The zero-order chi connectivity index (χ0) is 16.8. The molecule has 3 aromatic rings. The van der Waals surface area contributed by atoms with Gasteiger partial charge in [-0.15, -0.1) is 0 Å². The van der Waals surface area contributed by atoms with Crippen molar-refractivity contribution in [3.05, 3.63) is 69.3 Å². The quantitative estimate of drug-likeness (QED) is 0.689. The molecule has 116 valence electrons. The maximum Gasteiger partial charge on any atom is 0.373 e. The Morgan fingerprint density at radius 2 is 1.83 bits per heavy atom. The van der Waals surface area contributed by atoms with Gasteiger partial charge in [0.15, 0.2) is 5.52 Å². The summed E-state index contributed by atoms with van der Waals surface area (Å²) in [6.45, 7) is 1.98. The number of hydrogen-bond acceptors (Lipinski definition) is 5. The third kappa shape index (κ3) is 3.77. The molecule has 2 heterocycles. The molecule has 1 unspecified atom stereocenters. The van der Waals surface area contributed by atoms with Gasteiger partial charge in [0.05, 0.1) is 17.9 Å². The molecule has 6 nitrogen and oxygen atoms in total. The normalized spacial score (nSPS) is 11.2. The van der Waals surface area contributed by atoms with Crippen molar-refractivity contribution in [3.63, 3.8) is 0 Å². The summed E-state index contributed by atoms with van der Waals surface area (Å²) < 4.78 is 2.42. The molecule has 0 aliphatic rings. The van der Waals surface area contributed by atoms with Crippen LogP contribution in [0.2, 0.25) is 0 Å². The molecular formula is C16H12BrN3O3. The summed E-state index contributed by atoms with van der Waals surface area (Å²) in [5, 5.41) is 0. The van der Waals surface area contributed by atoms with E-state index in [9.17, 15) is 4.79 Å². The van der Waals surface area contributed by atoms with Crippen LogP contribution >= 0.6 is 15.9 Å². The Kier molecular flexibility index (Phi) is 5.51. The van der Waals surface area contributed by atoms with Crippen molar-refractivity contribution in [2.45, 2.75) is 13.0 Å². The molecule has 0 fully saturated rings. The molecular weight excluding hydrogens is 362 g/mol. The number of aromatic nitrogens is 3. The highest BCUT2D eigenvalue weighted by Crippen LogP contribution is 2.17. The fraction of sp³-hybridized carbons (Fsp3) is 0.125. The van der Waals surface area contributed by atoms with E-state index in [0.717, 1.165) is 10.0 Å². The molecule has 0 saturated carbocycles. The summed E-state index contributed by atoms with van der Waals surface area (Å²) in [5.74, 6) is 0. The highest BCUT2D eigenvalue weighted by Gasteiger charge is 2.12. The van der Waals surface area contributed by atoms with Crippen LogP contribution in [-0.4, -0.2) is 20.7 Å². The molecule has 0 bridgehead atoms. The van der Waals surface area contributed by atoms with E-state index in [2.05, 4.69) is 25.9 Å². The summed E-state index contributed by atoms with van der Waals surface area (Å²) in [7, 11) is 0. The standard InChI is InChI=1S/C15H12BrN3O.CO2/c1-10(11-5-3-2-4-6-11)19-9-18-13-7-12(16)8-17-14(13)15(19)20;2-1-3/h2-10H,1H3;. The molecule has 7 heteroatoms. The van der Waals surface area contributed by atoms with Gasteiger partial charge in [-0.05, 0) is 34.5 Å². The highest BCUT2D eigenvalue weighted by atomic mass is 79.9. The number of hydrogen-bond donors (Lipinski definition) is 0. The smallest absolute Gasteiger partial charge is 0.290 e. The Morgan fingerprint density at radius 3 is 2.48 bits per heavy atom. The number of carbonyl (C=O) groups excluding carboxylic acids is 2. The molecule has 0 amide bonds. The maximum atomic E-state index is 12.5. The SMILES string of the molecule is CC(c1ccccc1)n1cnc2cc(Br)cnc2c1=O.O=C=O. The van der Waals surface area contributed by atoms with E-state index < -0.39 is 0 Å². The van der Waals surface area contributed by atoms with Crippen LogP contribution in [-0.2, 0) is 9.59 Å². The lowest BCUT2D eigenvalue weighted by Crippen LogP contribution is -2.25. The molecule has 0 radical (unpaired) electrons. The van der Waals surface area contributed by atoms with Gasteiger partial charge in [-0.1, -0.05) is 30.3 Å². The van der Waals surface area contributed by atoms with Crippen LogP contribution in [0.3, 0.4) is 0 Å². The number of halogens is 1. The van der Waals surface area contributed by atoms with Gasteiger partial charge in [0.25, 0.3) is 5.56 Å². The second kappa shape index (κ2) is 7.58. The fourth-order valence-electron chi connectivity index (χ4n) is 2.16. The lowest BCUT2D eigenvalue weighted by Gasteiger charge is -2.15. The van der Waals surface area contributed by atoms with E-state index in [1.807, 2.05) is 37.3 Å². The van der Waals surface area contributed by atoms with Gasteiger partial charge >= 0.3 is 6.15 Å². The number of fused-ring (bicyclic) bond motifs is 1. The predicted octanol–water partition coefficient (Wildman–Crippen LogP) is 2.58. The minimum atomic E-state index is -0.126. The van der Waals surface area contributed by atoms with Gasteiger partial charge in [0.2, 0.25) is 0 Å². The van der Waals surface area contributed by atoms with Crippen molar-refractivity contribution >= 4 is 33.1 Å². The molecule has 3 rings (SSSR count). The third-order valence-electron chi connectivity index (χ3n) is 3.29. The zero-order valence-corrected chi connectivity index (χ0v) is 13.7. The van der Waals surface area contributed by atoms with Crippen LogP contribution in [0.1, 0.15) is 18.5 Å². The van der Waals surface area contributed by atoms with Gasteiger partial charge in [0, 0.05) is 10.7 Å². The summed E-state index contributed by atoms with van der Waals surface area (Å²) in [4.78, 5) is 37.2. The van der Waals surface area contributed by atoms with E-state index in [4.69, 9.17) is 9.59 Å². The van der Waals surface area contributed by atoms with Crippen molar-refractivity contribution < 1.29 is 9.59 Å². The van der Waals surface area contributed by atoms with Gasteiger partial charge in [-0.3, -0.25) is 9.36 Å². The lowest BCUT2D eigenvalue weighted by molar-refractivity contribution is -0.191. The second-order valence-corrected chi connectivity index (χ2v) is 5.56. The van der Waals surface area contributed by atoms with Crippen LogP contribution < -0.4 is 5.56 Å². The van der Waals surface area contributed by atoms with Gasteiger partial charge in [-0.25, -0.2) is 9.97 Å². The fourth-order valence-corrected chi connectivity index (χ4v) is 2.48. The molecule has 23 heavy (non-hydrogen) atoms. The first-order valence-corrected chi connectivity index (χ1v) is 7.44. The minimum Gasteiger partial charge on any atom is -0.290 e. The molecule has 2 aromatic heterocycles. The number of pyridine rings is 1. The average Bonchev–Trinajstić information content (AvgIpc) is 2.56. The van der Waals surface area contributed by atoms with Gasteiger partial charge < -0.3 is 0 Å². The zero-order valence-electron chi connectivity index (χ0n) is 12.1. The largest absolute Gasteiger partial charge is 0.373 e. The topological polar surface area (TPSA) is 81.9 Å². The molecule has 1 atom stereocenters. The maximum absolute atomic E-state index is 12.5. The molecule has 0 aliphatic heterocycles. The molecule has 0 spiro atoms. The van der Waals surface area contributed by atoms with E-state index in [1.165, 1.54) is 0 Å². The van der Waals surface area contributed by atoms with Crippen LogP contribution in [0.15, 0.2) is 58.2 Å².